The van der Waals surface area contributed by atoms with Gasteiger partial charge in [0.25, 0.3) is 11.8 Å². The Morgan fingerprint density at radius 1 is 1.17 bits per heavy atom. The number of halogens is 1. The summed E-state index contributed by atoms with van der Waals surface area (Å²) in [4.78, 5) is 39.0. The number of carbonyl (C=O) groups excluding carboxylic acids is 3. The fourth-order valence-electron chi connectivity index (χ4n) is 3.60. The van der Waals surface area contributed by atoms with Gasteiger partial charge in [-0.1, -0.05) is 48.0 Å². The molecule has 1 aliphatic heterocycles. The van der Waals surface area contributed by atoms with E-state index in [0.29, 0.717) is 9.90 Å². The van der Waals surface area contributed by atoms with Crippen LogP contribution in [0.3, 0.4) is 0 Å². The topological polar surface area (TPSA) is 75.7 Å². The summed E-state index contributed by atoms with van der Waals surface area (Å²) in [5, 5.41) is 3.66. The van der Waals surface area contributed by atoms with Crippen LogP contribution < -0.4 is 10.2 Å². The molecule has 0 aliphatic carbocycles. The average Bonchev–Trinajstić information content (AvgIpc) is 3.26. The fourth-order valence-corrected chi connectivity index (χ4v) is 5.03. The first-order valence-electron chi connectivity index (χ1n) is 9.46. The zero-order chi connectivity index (χ0) is 21.3. The molecule has 154 valence electrons. The van der Waals surface area contributed by atoms with E-state index in [1.165, 1.54) is 11.3 Å². The second kappa shape index (κ2) is 8.45. The van der Waals surface area contributed by atoms with Crippen molar-refractivity contribution in [3.63, 3.8) is 0 Å². The standard InChI is InChI=1S/C22H19ClN2O4S/c1-13-10-14-6-2-4-8-16(14)25(13)18(26)12-29-19(27)11-24-22(28)21-20(23)15-7-3-5-9-17(15)30-21/h2-9,13H,10-12H2,1H3,(H,24,28). The minimum absolute atomic E-state index is 0.00316. The first kappa shape index (κ1) is 20.4. The summed E-state index contributed by atoms with van der Waals surface area (Å²) in [7, 11) is 0. The second-order valence-electron chi connectivity index (χ2n) is 7.03. The molecular formula is C22H19ClN2O4S. The molecule has 6 nitrogen and oxygen atoms in total. The molecule has 0 fully saturated rings. The normalized spacial score (nSPS) is 15.1. The quantitative estimate of drug-likeness (QED) is 0.610. The zero-order valence-corrected chi connectivity index (χ0v) is 17.8. The maximum Gasteiger partial charge on any atom is 0.325 e. The van der Waals surface area contributed by atoms with E-state index in [2.05, 4.69) is 5.32 Å². The van der Waals surface area contributed by atoms with Crippen LogP contribution in [0.1, 0.15) is 22.2 Å². The Balaban J connectivity index is 1.31. The Morgan fingerprint density at radius 2 is 1.90 bits per heavy atom. The van der Waals surface area contributed by atoms with Gasteiger partial charge in [0.05, 0.1) is 5.02 Å². The average molecular weight is 443 g/mol. The molecule has 0 saturated carbocycles. The third-order valence-corrected chi connectivity index (χ3v) is 6.64. The van der Waals surface area contributed by atoms with Crippen LogP contribution in [0.4, 0.5) is 5.69 Å². The Bertz CT molecular complexity index is 1140. The van der Waals surface area contributed by atoms with Crippen LogP contribution in [-0.2, 0) is 20.7 Å². The summed E-state index contributed by atoms with van der Waals surface area (Å²) in [6.45, 7) is 1.23. The lowest BCUT2D eigenvalue weighted by Crippen LogP contribution is -2.39. The van der Waals surface area contributed by atoms with Crippen molar-refractivity contribution in [3.05, 3.63) is 64.0 Å². The van der Waals surface area contributed by atoms with E-state index in [1.54, 1.807) is 4.90 Å². The molecule has 2 aromatic carbocycles. The molecule has 3 aromatic rings. The van der Waals surface area contributed by atoms with E-state index in [0.717, 1.165) is 27.8 Å². The van der Waals surface area contributed by atoms with Crippen molar-refractivity contribution in [1.82, 2.24) is 5.32 Å². The largest absolute Gasteiger partial charge is 0.454 e. The lowest BCUT2D eigenvalue weighted by Gasteiger charge is -2.22. The molecule has 8 heteroatoms. The van der Waals surface area contributed by atoms with Gasteiger partial charge in [-0.25, -0.2) is 0 Å². The second-order valence-corrected chi connectivity index (χ2v) is 8.46. The molecule has 4 rings (SSSR count). The number of thiophene rings is 1. The zero-order valence-electron chi connectivity index (χ0n) is 16.2. The van der Waals surface area contributed by atoms with Gasteiger partial charge in [-0.2, -0.15) is 0 Å². The van der Waals surface area contributed by atoms with E-state index in [-0.39, 0.29) is 25.1 Å². The highest BCUT2D eigenvalue weighted by Crippen LogP contribution is 2.35. The number of ether oxygens (including phenoxy) is 1. The number of benzene rings is 2. The highest BCUT2D eigenvalue weighted by atomic mass is 35.5. The molecule has 0 bridgehead atoms. The van der Waals surface area contributed by atoms with Crippen molar-refractivity contribution < 1.29 is 19.1 Å². The van der Waals surface area contributed by atoms with Crippen LogP contribution in [-0.4, -0.2) is 37.0 Å². The number of nitrogens with zero attached hydrogens (tertiary/aromatic N) is 1. The van der Waals surface area contributed by atoms with Crippen molar-refractivity contribution in [2.75, 3.05) is 18.1 Å². The molecule has 2 heterocycles. The Labute approximate surface area is 182 Å². The first-order chi connectivity index (χ1) is 14.5. The number of nitrogens with one attached hydrogen (secondary N) is 1. The maximum absolute atomic E-state index is 12.6. The number of amides is 2. The van der Waals surface area contributed by atoms with Gasteiger partial charge in [0.2, 0.25) is 0 Å². The van der Waals surface area contributed by atoms with Crippen LogP contribution in [0.15, 0.2) is 48.5 Å². The van der Waals surface area contributed by atoms with Crippen LogP contribution in [0.2, 0.25) is 5.02 Å². The van der Waals surface area contributed by atoms with Crippen molar-refractivity contribution in [3.8, 4) is 0 Å². The van der Waals surface area contributed by atoms with Gasteiger partial charge < -0.3 is 15.0 Å². The maximum atomic E-state index is 12.6. The number of anilines is 1. The number of hydrogen-bond donors (Lipinski definition) is 1. The van der Waals surface area contributed by atoms with Gasteiger partial charge in [0, 0.05) is 21.8 Å². The van der Waals surface area contributed by atoms with E-state index in [9.17, 15) is 14.4 Å². The van der Waals surface area contributed by atoms with E-state index in [4.69, 9.17) is 16.3 Å². The molecule has 0 spiro atoms. The van der Waals surface area contributed by atoms with Crippen molar-refractivity contribution in [2.45, 2.75) is 19.4 Å². The number of hydrogen-bond acceptors (Lipinski definition) is 5. The number of rotatable bonds is 5. The van der Waals surface area contributed by atoms with Crippen molar-refractivity contribution >= 4 is 56.5 Å². The molecule has 2 amide bonds. The number of carbonyl (C=O) groups is 3. The SMILES string of the molecule is CC1Cc2ccccc2N1C(=O)COC(=O)CNC(=O)c1sc2ccccc2c1Cl. The highest BCUT2D eigenvalue weighted by Gasteiger charge is 2.31. The van der Waals surface area contributed by atoms with Gasteiger partial charge in [0.15, 0.2) is 6.61 Å². The van der Waals surface area contributed by atoms with Crippen LogP contribution in [0.25, 0.3) is 10.1 Å². The molecule has 1 aliphatic rings. The van der Waals surface area contributed by atoms with Crippen molar-refractivity contribution in [2.24, 2.45) is 0 Å². The molecule has 1 atom stereocenters. The third-order valence-electron chi connectivity index (χ3n) is 4.97. The monoisotopic (exact) mass is 442 g/mol. The van der Waals surface area contributed by atoms with Crippen LogP contribution in [0.5, 0.6) is 0 Å². The summed E-state index contributed by atoms with van der Waals surface area (Å²) in [5.74, 6) is -1.43. The molecule has 1 aromatic heterocycles. The first-order valence-corrected chi connectivity index (χ1v) is 10.7. The molecule has 1 N–H and O–H groups in total. The van der Waals surface area contributed by atoms with E-state index >= 15 is 0 Å². The smallest absolute Gasteiger partial charge is 0.325 e. The molecule has 0 radical (unpaired) electrons. The highest BCUT2D eigenvalue weighted by molar-refractivity contribution is 7.21. The fraction of sp³-hybridized carbons (Fsp3) is 0.227. The van der Waals surface area contributed by atoms with E-state index in [1.807, 2.05) is 55.5 Å². The van der Waals surface area contributed by atoms with Gasteiger partial charge in [-0.3, -0.25) is 14.4 Å². The minimum Gasteiger partial charge on any atom is -0.454 e. The van der Waals surface area contributed by atoms with Crippen LogP contribution in [0, 0.1) is 0 Å². The molecular weight excluding hydrogens is 424 g/mol. The number of esters is 1. The van der Waals surface area contributed by atoms with Crippen molar-refractivity contribution in [1.29, 1.82) is 0 Å². The lowest BCUT2D eigenvalue weighted by molar-refractivity contribution is -0.146. The summed E-state index contributed by atoms with van der Waals surface area (Å²) < 4.78 is 5.97. The Morgan fingerprint density at radius 3 is 2.70 bits per heavy atom. The molecule has 0 saturated heterocycles. The number of para-hydroxylation sites is 1. The summed E-state index contributed by atoms with van der Waals surface area (Å²) in [6.07, 6.45) is 0.766. The Kier molecular flexibility index (Phi) is 5.74. The predicted molar refractivity (Wildman–Crippen MR) is 117 cm³/mol. The molecule has 1 unspecified atom stereocenters. The summed E-state index contributed by atoms with van der Waals surface area (Å²) >= 11 is 7.54. The third kappa shape index (κ3) is 3.91. The predicted octanol–water partition coefficient (Wildman–Crippen LogP) is 3.81. The molecule has 30 heavy (non-hydrogen) atoms. The minimum atomic E-state index is -0.686. The summed E-state index contributed by atoms with van der Waals surface area (Å²) in [6, 6.07) is 15.1. The van der Waals surface area contributed by atoms with Crippen LogP contribution >= 0.6 is 22.9 Å². The Hall–Kier alpha value is -2.90. The van der Waals surface area contributed by atoms with Gasteiger partial charge in [-0.05, 0) is 31.0 Å². The summed E-state index contributed by atoms with van der Waals surface area (Å²) in [5.41, 5.74) is 1.94. The lowest BCUT2D eigenvalue weighted by atomic mass is 10.1. The van der Waals surface area contributed by atoms with Gasteiger partial charge in [0.1, 0.15) is 11.4 Å². The number of fused-ring (bicyclic) bond motifs is 2. The van der Waals surface area contributed by atoms with E-state index < -0.39 is 11.9 Å². The van der Waals surface area contributed by atoms with Gasteiger partial charge in [-0.15, -0.1) is 11.3 Å². The van der Waals surface area contributed by atoms with Gasteiger partial charge >= 0.3 is 5.97 Å².